The van der Waals surface area contributed by atoms with Crippen LogP contribution in [0.25, 0.3) is 16.8 Å². The van der Waals surface area contributed by atoms with Gasteiger partial charge in [-0.3, -0.25) is 0 Å². The minimum Gasteiger partial charge on any atom is -0.497 e. The second-order valence-electron chi connectivity index (χ2n) is 5.08. The lowest BCUT2D eigenvalue weighted by Crippen LogP contribution is -2.06. The highest BCUT2D eigenvalue weighted by Crippen LogP contribution is 2.30. The van der Waals surface area contributed by atoms with Crippen molar-refractivity contribution >= 4 is 11.5 Å². The van der Waals surface area contributed by atoms with Crippen LogP contribution in [0.1, 0.15) is 24.7 Å². The summed E-state index contributed by atoms with van der Waals surface area (Å²) in [6.07, 6.45) is 1.72. The summed E-state index contributed by atoms with van der Waals surface area (Å²) in [7, 11) is 1.63. The van der Waals surface area contributed by atoms with Gasteiger partial charge in [0.15, 0.2) is 11.5 Å². The molecule has 3 rings (SSSR count). The monoisotopic (exact) mass is 308 g/mol. The van der Waals surface area contributed by atoms with Crippen molar-refractivity contribution < 1.29 is 4.74 Å². The predicted molar refractivity (Wildman–Crippen MR) is 85.9 cm³/mol. The number of fused-ring (bicyclic) bond motifs is 1. The summed E-state index contributed by atoms with van der Waals surface area (Å²) in [5.41, 5.74) is 9.34. The molecule has 0 aliphatic carbocycles. The van der Waals surface area contributed by atoms with Crippen LogP contribution in [0.15, 0.2) is 24.3 Å². The first-order chi connectivity index (χ1) is 11.2. The molecule has 7 nitrogen and oxygen atoms in total. The van der Waals surface area contributed by atoms with Crippen molar-refractivity contribution in [2.75, 3.05) is 12.8 Å². The van der Waals surface area contributed by atoms with Crippen molar-refractivity contribution in [1.29, 1.82) is 5.26 Å². The van der Waals surface area contributed by atoms with Crippen molar-refractivity contribution in [2.24, 2.45) is 0 Å². The van der Waals surface area contributed by atoms with Gasteiger partial charge >= 0.3 is 0 Å². The summed E-state index contributed by atoms with van der Waals surface area (Å²) in [4.78, 5) is 0. The third-order valence-corrected chi connectivity index (χ3v) is 3.62. The number of hydrogen-bond donors (Lipinski definition) is 1. The lowest BCUT2D eigenvalue weighted by atomic mass is 10.0. The average molecular weight is 308 g/mol. The number of benzene rings is 1. The first-order valence-corrected chi connectivity index (χ1v) is 7.27. The van der Waals surface area contributed by atoms with Gasteiger partial charge in [-0.15, -0.1) is 10.2 Å². The van der Waals surface area contributed by atoms with E-state index in [9.17, 15) is 0 Å². The lowest BCUT2D eigenvalue weighted by molar-refractivity contribution is 0.415. The Hall–Kier alpha value is -3.14. The fourth-order valence-corrected chi connectivity index (χ4v) is 2.51. The topological polar surface area (TPSA) is 102 Å². The molecule has 23 heavy (non-hydrogen) atoms. The van der Waals surface area contributed by atoms with Gasteiger partial charge in [0.05, 0.1) is 18.4 Å². The quantitative estimate of drug-likeness (QED) is 0.792. The van der Waals surface area contributed by atoms with Crippen molar-refractivity contribution in [1.82, 2.24) is 19.8 Å². The Morgan fingerprint density at radius 2 is 2.00 bits per heavy atom. The normalized spacial score (nSPS) is 10.7. The molecule has 0 aliphatic heterocycles. The van der Waals surface area contributed by atoms with Crippen molar-refractivity contribution in [3.63, 3.8) is 0 Å². The van der Waals surface area contributed by atoms with E-state index in [4.69, 9.17) is 15.7 Å². The summed E-state index contributed by atoms with van der Waals surface area (Å²) < 4.78 is 6.69. The second-order valence-corrected chi connectivity index (χ2v) is 5.08. The van der Waals surface area contributed by atoms with Crippen molar-refractivity contribution in [3.8, 4) is 22.9 Å². The van der Waals surface area contributed by atoms with E-state index in [0.29, 0.717) is 5.65 Å². The Morgan fingerprint density at radius 3 is 2.61 bits per heavy atom. The molecule has 0 bridgehead atoms. The van der Waals surface area contributed by atoms with E-state index in [0.717, 1.165) is 35.4 Å². The molecular formula is C16H16N6O. The van der Waals surface area contributed by atoms with Crippen LogP contribution in [0.4, 0.5) is 5.82 Å². The van der Waals surface area contributed by atoms with Crippen LogP contribution in [0.2, 0.25) is 0 Å². The van der Waals surface area contributed by atoms with Gasteiger partial charge < -0.3 is 10.5 Å². The number of hydrogen-bond acceptors (Lipinski definition) is 6. The van der Waals surface area contributed by atoms with E-state index in [2.05, 4.69) is 22.2 Å². The summed E-state index contributed by atoms with van der Waals surface area (Å²) in [6, 6.07) is 9.59. The Labute approximate surface area is 133 Å². The SMILES string of the molecule is CCCc1nn2c(N)c(C#N)nnc2c1-c1ccc(OC)cc1. The van der Waals surface area contributed by atoms with Gasteiger partial charge in [-0.2, -0.15) is 14.9 Å². The number of aromatic nitrogens is 4. The summed E-state index contributed by atoms with van der Waals surface area (Å²) in [6.45, 7) is 2.08. The van der Waals surface area contributed by atoms with Crippen LogP contribution >= 0.6 is 0 Å². The molecule has 0 fully saturated rings. The van der Waals surface area contributed by atoms with Gasteiger partial charge in [0.1, 0.15) is 11.8 Å². The van der Waals surface area contributed by atoms with Crippen molar-refractivity contribution in [2.45, 2.75) is 19.8 Å². The highest BCUT2D eigenvalue weighted by molar-refractivity contribution is 5.81. The Kier molecular flexibility index (Phi) is 3.81. The molecule has 0 saturated carbocycles. The molecule has 2 heterocycles. The van der Waals surface area contributed by atoms with Crippen LogP contribution in [0.3, 0.4) is 0 Å². The van der Waals surface area contributed by atoms with E-state index >= 15 is 0 Å². The fraction of sp³-hybridized carbons (Fsp3) is 0.250. The standard InChI is InChI=1S/C16H16N6O/c1-3-4-12-14(10-5-7-11(23-2)8-6-10)16-20-19-13(9-17)15(18)22(16)21-12/h5-8H,3-4,18H2,1-2H3. The van der Waals surface area contributed by atoms with Crippen LogP contribution in [0.5, 0.6) is 5.75 Å². The molecule has 0 atom stereocenters. The minimum atomic E-state index is 0.0735. The van der Waals surface area contributed by atoms with Gasteiger partial charge in [-0.1, -0.05) is 25.5 Å². The number of nitrogens with two attached hydrogens (primary N) is 1. The summed E-state index contributed by atoms with van der Waals surface area (Å²) in [5.74, 6) is 0.981. The number of nitriles is 1. The Bertz CT molecular complexity index is 892. The molecule has 1 aromatic carbocycles. The van der Waals surface area contributed by atoms with E-state index < -0.39 is 0 Å². The zero-order valence-electron chi connectivity index (χ0n) is 12.9. The molecule has 2 N–H and O–H groups in total. The van der Waals surface area contributed by atoms with Crippen LogP contribution in [-0.4, -0.2) is 26.9 Å². The molecule has 2 aromatic heterocycles. The predicted octanol–water partition coefficient (Wildman–Crippen LogP) is 2.21. The van der Waals surface area contributed by atoms with Crippen LogP contribution < -0.4 is 10.5 Å². The van der Waals surface area contributed by atoms with E-state index in [-0.39, 0.29) is 11.5 Å². The lowest BCUT2D eigenvalue weighted by Gasteiger charge is -2.04. The van der Waals surface area contributed by atoms with Crippen molar-refractivity contribution in [3.05, 3.63) is 35.7 Å². The molecule has 7 heteroatoms. The number of ether oxygens (including phenoxy) is 1. The summed E-state index contributed by atoms with van der Waals surface area (Å²) >= 11 is 0. The summed E-state index contributed by atoms with van der Waals surface area (Å²) in [5, 5.41) is 21.6. The first kappa shape index (κ1) is 14.8. The van der Waals surface area contributed by atoms with E-state index in [1.54, 1.807) is 7.11 Å². The Balaban J connectivity index is 2.26. The molecule has 0 spiro atoms. The molecule has 0 radical (unpaired) electrons. The van der Waals surface area contributed by atoms with Gasteiger partial charge in [-0.25, -0.2) is 0 Å². The van der Waals surface area contributed by atoms with Gasteiger partial charge in [-0.05, 0) is 24.1 Å². The number of rotatable bonds is 4. The average Bonchev–Trinajstić information content (AvgIpc) is 2.95. The van der Waals surface area contributed by atoms with E-state index in [1.165, 1.54) is 4.52 Å². The first-order valence-electron chi connectivity index (χ1n) is 7.27. The molecule has 116 valence electrons. The fourth-order valence-electron chi connectivity index (χ4n) is 2.51. The molecule has 0 saturated heterocycles. The molecule has 3 aromatic rings. The molecule has 0 unspecified atom stereocenters. The minimum absolute atomic E-state index is 0.0735. The molecule has 0 amide bonds. The third-order valence-electron chi connectivity index (χ3n) is 3.62. The maximum absolute atomic E-state index is 9.04. The largest absolute Gasteiger partial charge is 0.497 e. The highest BCUT2D eigenvalue weighted by atomic mass is 16.5. The smallest absolute Gasteiger partial charge is 0.205 e. The number of methoxy groups -OCH3 is 1. The maximum Gasteiger partial charge on any atom is 0.205 e. The highest BCUT2D eigenvalue weighted by Gasteiger charge is 2.19. The van der Waals surface area contributed by atoms with Gasteiger partial charge in [0.25, 0.3) is 0 Å². The number of nitrogen functional groups attached to an aromatic ring is 1. The Morgan fingerprint density at radius 1 is 1.26 bits per heavy atom. The maximum atomic E-state index is 9.04. The number of anilines is 1. The third kappa shape index (κ3) is 2.44. The van der Waals surface area contributed by atoms with Crippen LogP contribution in [0, 0.1) is 11.3 Å². The van der Waals surface area contributed by atoms with Gasteiger partial charge in [0, 0.05) is 0 Å². The number of aryl methyl sites for hydroxylation is 1. The molecule has 0 aliphatic rings. The number of nitrogens with zero attached hydrogens (tertiary/aromatic N) is 5. The van der Waals surface area contributed by atoms with Crippen LogP contribution in [-0.2, 0) is 6.42 Å². The molecular weight excluding hydrogens is 292 g/mol. The zero-order valence-corrected chi connectivity index (χ0v) is 12.9. The second kappa shape index (κ2) is 5.93. The van der Waals surface area contributed by atoms with E-state index in [1.807, 2.05) is 30.3 Å². The van der Waals surface area contributed by atoms with Gasteiger partial charge in [0.2, 0.25) is 5.69 Å². The zero-order chi connectivity index (χ0) is 16.4.